The van der Waals surface area contributed by atoms with Crippen LogP contribution in [0.1, 0.15) is 5.76 Å². The van der Waals surface area contributed by atoms with Gasteiger partial charge in [-0.05, 0) is 31.2 Å². The smallest absolute Gasteiger partial charge is 0.236 e. The van der Waals surface area contributed by atoms with E-state index >= 15 is 0 Å². The number of carbonyl (C=O) groups excluding carboxylic acids is 1. The molecule has 0 aliphatic rings. The van der Waals surface area contributed by atoms with Gasteiger partial charge in [0.05, 0.1) is 5.75 Å². The number of aryl methyl sites for hydroxylation is 1. The molecule has 1 aromatic carbocycles. The lowest BCUT2D eigenvalue weighted by atomic mass is 10.2. The number of hydrogen-bond donors (Lipinski definition) is 1. The molecule has 3 rings (SSSR count). The van der Waals surface area contributed by atoms with E-state index < -0.39 is 0 Å². The monoisotopic (exact) mass is 389 g/mol. The highest BCUT2D eigenvalue weighted by atomic mass is 35.5. The Bertz CT molecular complexity index is 920. The van der Waals surface area contributed by atoms with Gasteiger partial charge in [-0.1, -0.05) is 34.6 Å². The van der Waals surface area contributed by atoms with Crippen LogP contribution in [0.3, 0.4) is 0 Å². The van der Waals surface area contributed by atoms with Gasteiger partial charge < -0.3 is 9.84 Å². The number of rotatable bonds is 7. The minimum atomic E-state index is -0.204. The number of nitrogens with zero attached hydrogens (tertiary/aromatic N) is 4. The summed E-state index contributed by atoms with van der Waals surface area (Å²) < 4.78 is 6.82. The van der Waals surface area contributed by atoms with E-state index in [0.29, 0.717) is 34.1 Å². The molecule has 0 fully saturated rings. The summed E-state index contributed by atoms with van der Waals surface area (Å²) in [5.41, 5.74) is 0.887. The van der Waals surface area contributed by atoms with Gasteiger partial charge in [0.2, 0.25) is 5.91 Å². The van der Waals surface area contributed by atoms with Gasteiger partial charge in [0, 0.05) is 23.2 Å². The zero-order valence-corrected chi connectivity index (χ0v) is 15.5. The first-order valence-corrected chi connectivity index (χ1v) is 9.09. The molecule has 0 aliphatic heterocycles. The summed E-state index contributed by atoms with van der Waals surface area (Å²) in [5.74, 6) is 1.68. The van der Waals surface area contributed by atoms with Gasteiger partial charge in [-0.3, -0.25) is 9.36 Å². The van der Waals surface area contributed by atoms with Crippen molar-refractivity contribution in [2.24, 2.45) is 0 Å². The molecule has 0 aliphatic carbocycles. The number of aromatic nitrogens is 4. The van der Waals surface area contributed by atoms with Crippen LogP contribution < -0.4 is 5.32 Å². The normalized spacial score (nSPS) is 10.7. The molecule has 0 radical (unpaired) electrons. The number of hydrogen-bond acceptors (Lipinski definition) is 6. The van der Waals surface area contributed by atoms with Crippen molar-refractivity contribution >= 4 is 35.1 Å². The molecular weight excluding hydrogens is 374 g/mol. The second-order valence-electron chi connectivity index (χ2n) is 5.37. The van der Waals surface area contributed by atoms with Crippen molar-refractivity contribution in [3.8, 4) is 11.4 Å². The highest BCUT2D eigenvalue weighted by Gasteiger charge is 2.15. The van der Waals surface area contributed by atoms with E-state index in [4.69, 9.17) is 16.1 Å². The second kappa shape index (κ2) is 8.20. The number of benzene rings is 1. The summed E-state index contributed by atoms with van der Waals surface area (Å²) in [6.45, 7) is 6.06. The maximum atomic E-state index is 12.1. The molecule has 0 saturated heterocycles. The van der Waals surface area contributed by atoms with Gasteiger partial charge in [-0.25, -0.2) is 0 Å². The third-order valence-electron chi connectivity index (χ3n) is 3.36. The fourth-order valence-corrected chi connectivity index (χ4v) is 3.11. The molecule has 1 amide bonds. The van der Waals surface area contributed by atoms with Gasteiger partial charge in [0.25, 0.3) is 0 Å². The number of carbonyl (C=O) groups is 1. The van der Waals surface area contributed by atoms with Gasteiger partial charge in [0.15, 0.2) is 16.8 Å². The number of amides is 1. The van der Waals surface area contributed by atoms with Crippen LogP contribution in [0, 0.1) is 6.92 Å². The Kier molecular flexibility index (Phi) is 5.75. The highest BCUT2D eigenvalue weighted by Crippen LogP contribution is 2.25. The zero-order valence-electron chi connectivity index (χ0n) is 14.0. The Hall–Kier alpha value is -2.58. The molecule has 1 N–H and O–H groups in total. The van der Waals surface area contributed by atoms with Gasteiger partial charge in [-0.2, -0.15) is 0 Å². The van der Waals surface area contributed by atoms with Gasteiger partial charge in [-0.15, -0.1) is 16.8 Å². The molecule has 3 aromatic rings. The number of nitrogens with one attached hydrogen (secondary N) is 1. The van der Waals surface area contributed by atoms with E-state index in [9.17, 15) is 4.79 Å². The van der Waals surface area contributed by atoms with E-state index in [0.717, 1.165) is 5.56 Å². The third-order valence-corrected chi connectivity index (χ3v) is 4.58. The van der Waals surface area contributed by atoms with Crippen molar-refractivity contribution in [3.63, 3.8) is 0 Å². The van der Waals surface area contributed by atoms with Crippen molar-refractivity contribution in [3.05, 3.63) is 53.8 Å². The molecule has 134 valence electrons. The van der Waals surface area contributed by atoms with Crippen molar-refractivity contribution < 1.29 is 9.32 Å². The van der Waals surface area contributed by atoms with Crippen LogP contribution in [0.15, 0.2) is 52.7 Å². The van der Waals surface area contributed by atoms with E-state index in [2.05, 4.69) is 27.2 Å². The van der Waals surface area contributed by atoms with E-state index in [1.165, 1.54) is 11.8 Å². The Balaban J connectivity index is 1.72. The van der Waals surface area contributed by atoms with Crippen LogP contribution in [0.25, 0.3) is 11.4 Å². The largest absolute Gasteiger partial charge is 0.360 e. The summed E-state index contributed by atoms with van der Waals surface area (Å²) in [4.78, 5) is 12.1. The molecule has 2 heterocycles. The van der Waals surface area contributed by atoms with Crippen LogP contribution in [0.2, 0.25) is 5.02 Å². The van der Waals surface area contributed by atoms with E-state index in [1.54, 1.807) is 31.2 Å². The molecule has 0 spiro atoms. The Morgan fingerprint density at radius 2 is 2.15 bits per heavy atom. The second-order valence-corrected chi connectivity index (χ2v) is 6.75. The van der Waals surface area contributed by atoms with E-state index in [-0.39, 0.29) is 11.7 Å². The van der Waals surface area contributed by atoms with Crippen molar-refractivity contribution in [2.45, 2.75) is 18.6 Å². The summed E-state index contributed by atoms with van der Waals surface area (Å²) >= 11 is 7.22. The Morgan fingerprint density at radius 3 is 2.81 bits per heavy atom. The van der Waals surface area contributed by atoms with Crippen molar-refractivity contribution in [2.75, 3.05) is 11.1 Å². The Morgan fingerprint density at radius 1 is 1.38 bits per heavy atom. The molecule has 26 heavy (non-hydrogen) atoms. The number of thioether (sulfide) groups is 1. The maximum Gasteiger partial charge on any atom is 0.236 e. The van der Waals surface area contributed by atoms with Gasteiger partial charge in [0.1, 0.15) is 5.76 Å². The summed E-state index contributed by atoms with van der Waals surface area (Å²) in [7, 11) is 0. The maximum absolute atomic E-state index is 12.1. The molecule has 9 heteroatoms. The highest BCUT2D eigenvalue weighted by molar-refractivity contribution is 7.99. The number of anilines is 1. The lowest BCUT2D eigenvalue weighted by Crippen LogP contribution is -2.14. The average molecular weight is 390 g/mol. The Labute approximate surface area is 159 Å². The lowest BCUT2D eigenvalue weighted by Gasteiger charge is -2.07. The van der Waals surface area contributed by atoms with Crippen molar-refractivity contribution in [1.29, 1.82) is 0 Å². The SMILES string of the molecule is C=CCn1c(SCC(=O)Nc2cc(C)on2)nnc1-c1ccc(Cl)cc1. The molecular formula is C17H16ClN5O2S. The molecule has 2 aromatic heterocycles. The van der Waals surface area contributed by atoms with Crippen LogP contribution in [0.4, 0.5) is 5.82 Å². The molecule has 0 saturated carbocycles. The minimum Gasteiger partial charge on any atom is -0.360 e. The quantitative estimate of drug-likeness (QED) is 0.488. The predicted molar refractivity (Wildman–Crippen MR) is 101 cm³/mol. The topological polar surface area (TPSA) is 85.8 Å². The average Bonchev–Trinajstić information content (AvgIpc) is 3.20. The van der Waals surface area contributed by atoms with E-state index in [1.807, 2.05) is 16.7 Å². The standard InChI is InChI=1S/C17H16ClN5O2S/c1-3-8-23-16(12-4-6-13(18)7-5-12)20-21-17(23)26-10-15(24)19-14-9-11(2)25-22-14/h3-7,9H,1,8,10H2,2H3,(H,19,22,24). The summed E-state index contributed by atoms with van der Waals surface area (Å²) in [6.07, 6.45) is 1.76. The lowest BCUT2D eigenvalue weighted by molar-refractivity contribution is -0.113. The number of halogens is 1. The van der Waals surface area contributed by atoms with Crippen molar-refractivity contribution in [1.82, 2.24) is 19.9 Å². The summed E-state index contributed by atoms with van der Waals surface area (Å²) in [6, 6.07) is 9.00. The van der Waals surface area contributed by atoms with Crippen LogP contribution in [-0.4, -0.2) is 31.6 Å². The zero-order chi connectivity index (χ0) is 18.5. The fraction of sp³-hybridized carbons (Fsp3) is 0.176. The van der Waals surface area contributed by atoms with Crippen LogP contribution >= 0.6 is 23.4 Å². The first kappa shape index (κ1) is 18.2. The first-order valence-electron chi connectivity index (χ1n) is 7.73. The number of allylic oxidation sites excluding steroid dienone is 1. The first-order chi connectivity index (χ1) is 12.6. The van der Waals surface area contributed by atoms with Crippen LogP contribution in [-0.2, 0) is 11.3 Å². The molecule has 0 bridgehead atoms. The molecule has 0 unspecified atom stereocenters. The minimum absolute atomic E-state index is 0.168. The van der Waals surface area contributed by atoms with Crippen LogP contribution in [0.5, 0.6) is 0 Å². The molecule has 7 nitrogen and oxygen atoms in total. The predicted octanol–water partition coefficient (Wildman–Crippen LogP) is 3.81. The fourth-order valence-electron chi connectivity index (χ4n) is 2.24. The molecule has 0 atom stereocenters. The summed E-state index contributed by atoms with van der Waals surface area (Å²) in [5, 5.41) is 16.1. The third kappa shape index (κ3) is 4.33. The van der Waals surface area contributed by atoms with Gasteiger partial charge >= 0.3 is 0 Å².